The SMILES string of the molecule is Cc1ccc(NC(=O)CCC(C)N)c(C)c1. The van der Waals surface area contributed by atoms with Crippen molar-refractivity contribution in [2.45, 2.75) is 39.7 Å². The van der Waals surface area contributed by atoms with Crippen LogP contribution in [0.3, 0.4) is 0 Å². The topological polar surface area (TPSA) is 55.1 Å². The van der Waals surface area contributed by atoms with Crippen molar-refractivity contribution < 1.29 is 4.79 Å². The molecule has 0 radical (unpaired) electrons. The van der Waals surface area contributed by atoms with Crippen LogP contribution in [0.25, 0.3) is 0 Å². The Kier molecular flexibility index (Phi) is 4.50. The zero-order valence-electron chi connectivity index (χ0n) is 10.2. The summed E-state index contributed by atoms with van der Waals surface area (Å²) < 4.78 is 0. The zero-order valence-corrected chi connectivity index (χ0v) is 10.2. The van der Waals surface area contributed by atoms with Crippen molar-refractivity contribution in [1.82, 2.24) is 0 Å². The first-order chi connectivity index (χ1) is 7.49. The van der Waals surface area contributed by atoms with Crippen LogP contribution in [0.4, 0.5) is 5.69 Å². The fourth-order valence-electron chi connectivity index (χ4n) is 1.53. The Bertz CT molecular complexity index is 372. The van der Waals surface area contributed by atoms with Crippen LogP contribution < -0.4 is 11.1 Å². The molecule has 0 aliphatic carbocycles. The molecule has 3 nitrogen and oxygen atoms in total. The molecule has 0 aliphatic heterocycles. The average Bonchev–Trinajstić information content (AvgIpc) is 2.19. The lowest BCUT2D eigenvalue weighted by Gasteiger charge is -2.09. The predicted octanol–water partition coefficient (Wildman–Crippen LogP) is 2.37. The maximum absolute atomic E-state index is 11.6. The van der Waals surface area contributed by atoms with Gasteiger partial charge < -0.3 is 11.1 Å². The predicted molar refractivity (Wildman–Crippen MR) is 67.4 cm³/mol. The van der Waals surface area contributed by atoms with Crippen molar-refractivity contribution in [3.63, 3.8) is 0 Å². The molecule has 3 N–H and O–H groups in total. The van der Waals surface area contributed by atoms with E-state index in [1.165, 1.54) is 5.56 Å². The lowest BCUT2D eigenvalue weighted by molar-refractivity contribution is -0.116. The Morgan fingerprint density at radius 2 is 2.12 bits per heavy atom. The highest BCUT2D eigenvalue weighted by molar-refractivity contribution is 5.91. The van der Waals surface area contributed by atoms with E-state index in [-0.39, 0.29) is 11.9 Å². The summed E-state index contributed by atoms with van der Waals surface area (Å²) in [5, 5.41) is 2.90. The van der Waals surface area contributed by atoms with E-state index in [1.807, 2.05) is 32.9 Å². The van der Waals surface area contributed by atoms with Crippen LogP contribution in [0, 0.1) is 13.8 Å². The number of carbonyl (C=O) groups is 1. The average molecular weight is 220 g/mol. The Hall–Kier alpha value is -1.35. The molecule has 0 saturated heterocycles. The second-order valence-corrected chi connectivity index (χ2v) is 4.38. The molecule has 1 aromatic carbocycles. The first-order valence-corrected chi connectivity index (χ1v) is 5.61. The molecule has 3 heteroatoms. The summed E-state index contributed by atoms with van der Waals surface area (Å²) in [4.78, 5) is 11.6. The van der Waals surface area contributed by atoms with Crippen LogP contribution in [0.1, 0.15) is 30.9 Å². The fourth-order valence-corrected chi connectivity index (χ4v) is 1.53. The van der Waals surface area contributed by atoms with Crippen molar-refractivity contribution in [3.05, 3.63) is 29.3 Å². The number of nitrogens with two attached hydrogens (primary N) is 1. The van der Waals surface area contributed by atoms with E-state index in [1.54, 1.807) is 0 Å². The van der Waals surface area contributed by atoms with Crippen molar-refractivity contribution in [2.24, 2.45) is 5.73 Å². The molecule has 0 aromatic heterocycles. The molecule has 1 rings (SSSR count). The Morgan fingerprint density at radius 1 is 1.44 bits per heavy atom. The first kappa shape index (κ1) is 12.7. The maximum Gasteiger partial charge on any atom is 0.224 e. The van der Waals surface area contributed by atoms with E-state index < -0.39 is 0 Å². The minimum absolute atomic E-state index is 0.0317. The zero-order chi connectivity index (χ0) is 12.1. The Balaban J connectivity index is 2.56. The van der Waals surface area contributed by atoms with E-state index in [4.69, 9.17) is 5.73 Å². The standard InChI is InChI=1S/C13H20N2O/c1-9-4-6-12(10(2)8-9)15-13(16)7-5-11(3)14/h4,6,8,11H,5,7,14H2,1-3H3,(H,15,16). The maximum atomic E-state index is 11.6. The smallest absolute Gasteiger partial charge is 0.224 e. The van der Waals surface area contributed by atoms with Crippen molar-refractivity contribution >= 4 is 11.6 Å². The summed E-state index contributed by atoms with van der Waals surface area (Å²) in [6.07, 6.45) is 1.20. The number of anilines is 1. The summed E-state index contributed by atoms with van der Waals surface area (Å²) in [6, 6.07) is 6.06. The number of hydrogen-bond acceptors (Lipinski definition) is 2. The van der Waals surface area contributed by atoms with Gasteiger partial charge in [0.1, 0.15) is 0 Å². The van der Waals surface area contributed by atoms with Gasteiger partial charge in [-0.05, 0) is 38.8 Å². The van der Waals surface area contributed by atoms with Gasteiger partial charge in [0.2, 0.25) is 5.91 Å². The van der Waals surface area contributed by atoms with Crippen molar-refractivity contribution in [1.29, 1.82) is 0 Å². The Labute approximate surface area is 97.0 Å². The van der Waals surface area contributed by atoms with Crippen LogP contribution >= 0.6 is 0 Å². The quantitative estimate of drug-likeness (QED) is 0.818. The third-order valence-electron chi connectivity index (χ3n) is 2.48. The minimum atomic E-state index is 0.0317. The lowest BCUT2D eigenvalue weighted by Crippen LogP contribution is -2.19. The number of aryl methyl sites for hydroxylation is 2. The summed E-state index contributed by atoms with van der Waals surface area (Å²) in [5.74, 6) is 0.0317. The molecular formula is C13H20N2O. The van der Waals surface area contributed by atoms with Gasteiger partial charge in [-0.25, -0.2) is 0 Å². The van der Waals surface area contributed by atoms with Gasteiger partial charge >= 0.3 is 0 Å². The van der Waals surface area contributed by atoms with Gasteiger partial charge in [0.05, 0.1) is 0 Å². The monoisotopic (exact) mass is 220 g/mol. The highest BCUT2D eigenvalue weighted by atomic mass is 16.1. The van der Waals surface area contributed by atoms with Crippen LogP contribution in [0.2, 0.25) is 0 Å². The molecule has 16 heavy (non-hydrogen) atoms. The number of amides is 1. The molecule has 0 fully saturated rings. The fraction of sp³-hybridized carbons (Fsp3) is 0.462. The van der Waals surface area contributed by atoms with Gasteiger partial charge in [0, 0.05) is 18.2 Å². The summed E-state index contributed by atoms with van der Waals surface area (Å²) >= 11 is 0. The van der Waals surface area contributed by atoms with Gasteiger partial charge in [0.15, 0.2) is 0 Å². The molecule has 0 bridgehead atoms. The molecule has 88 valence electrons. The van der Waals surface area contributed by atoms with Crippen LogP contribution in [-0.2, 0) is 4.79 Å². The van der Waals surface area contributed by atoms with Crippen LogP contribution in [0.5, 0.6) is 0 Å². The van der Waals surface area contributed by atoms with Crippen molar-refractivity contribution in [3.8, 4) is 0 Å². The molecule has 1 unspecified atom stereocenters. The van der Waals surface area contributed by atoms with Crippen molar-refractivity contribution in [2.75, 3.05) is 5.32 Å². The minimum Gasteiger partial charge on any atom is -0.328 e. The molecule has 1 aromatic rings. The molecule has 0 aliphatic rings. The molecule has 1 amide bonds. The highest BCUT2D eigenvalue weighted by Gasteiger charge is 2.05. The molecule has 1 atom stereocenters. The second-order valence-electron chi connectivity index (χ2n) is 4.38. The summed E-state index contributed by atoms with van der Waals surface area (Å²) in [5.41, 5.74) is 8.78. The second kappa shape index (κ2) is 5.66. The third-order valence-corrected chi connectivity index (χ3v) is 2.48. The third kappa shape index (κ3) is 4.03. The Morgan fingerprint density at radius 3 is 2.69 bits per heavy atom. The van der Waals surface area contributed by atoms with Gasteiger partial charge in [-0.3, -0.25) is 4.79 Å². The van der Waals surface area contributed by atoms with E-state index in [0.29, 0.717) is 6.42 Å². The number of hydrogen-bond donors (Lipinski definition) is 2. The number of nitrogens with one attached hydrogen (secondary N) is 1. The van der Waals surface area contributed by atoms with E-state index in [2.05, 4.69) is 11.4 Å². The summed E-state index contributed by atoms with van der Waals surface area (Å²) in [7, 11) is 0. The van der Waals surface area contributed by atoms with E-state index in [0.717, 1.165) is 17.7 Å². The van der Waals surface area contributed by atoms with Gasteiger partial charge in [-0.15, -0.1) is 0 Å². The van der Waals surface area contributed by atoms with E-state index >= 15 is 0 Å². The van der Waals surface area contributed by atoms with Gasteiger partial charge in [-0.2, -0.15) is 0 Å². The summed E-state index contributed by atoms with van der Waals surface area (Å²) in [6.45, 7) is 5.94. The molecule has 0 saturated carbocycles. The van der Waals surface area contributed by atoms with Crippen LogP contribution in [0.15, 0.2) is 18.2 Å². The molecular weight excluding hydrogens is 200 g/mol. The van der Waals surface area contributed by atoms with E-state index in [9.17, 15) is 4.79 Å². The molecule has 0 spiro atoms. The number of rotatable bonds is 4. The molecule has 0 heterocycles. The van der Waals surface area contributed by atoms with Gasteiger partial charge in [0.25, 0.3) is 0 Å². The number of benzene rings is 1. The number of carbonyl (C=O) groups excluding carboxylic acids is 1. The lowest BCUT2D eigenvalue weighted by atomic mass is 10.1. The van der Waals surface area contributed by atoms with Gasteiger partial charge in [-0.1, -0.05) is 17.7 Å². The largest absolute Gasteiger partial charge is 0.328 e. The van der Waals surface area contributed by atoms with Crippen LogP contribution in [-0.4, -0.2) is 11.9 Å². The highest BCUT2D eigenvalue weighted by Crippen LogP contribution is 2.16. The first-order valence-electron chi connectivity index (χ1n) is 5.61. The normalized spacial score (nSPS) is 12.2.